The molecule has 4 aliphatic rings. The van der Waals surface area contributed by atoms with E-state index >= 15 is 0 Å². The summed E-state index contributed by atoms with van der Waals surface area (Å²) >= 11 is 0. The quantitative estimate of drug-likeness (QED) is 0.838. The minimum Gasteiger partial charge on any atom is -0.314 e. The second-order valence-electron chi connectivity index (χ2n) is 7.80. The molecule has 0 aromatic carbocycles. The van der Waals surface area contributed by atoms with E-state index in [2.05, 4.69) is 24.1 Å². The number of likely N-dealkylation sites (tertiary alicyclic amines) is 1. The first-order valence-electron chi connectivity index (χ1n) is 8.77. The highest BCUT2D eigenvalue weighted by Gasteiger charge is 2.66. The minimum absolute atomic E-state index is 0.784. The molecule has 2 nitrogen and oxygen atoms in total. The molecule has 2 heteroatoms. The molecule has 1 N–H and O–H groups in total. The molecule has 4 fully saturated rings. The Bertz CT molecular complexity index is 326. The van der Waals surface area contributed by atoms with Gasteiger partial charge in [0, 0.05) is 18.6 Å². The fourth-order valence-corrected chi connectivity index (χ4v) is 5.85. The number of hydrogen-bond donors (Lipinski definition) is 1. The minimum atomic E-state index is 0.784. The Balaban J connectivity index is 1.33. The van der Waals surface area contributed by atoms with E-state index in [9.17, 15) is 0 Å². The molecule has 19 heavy (non-hydrogen) atoms. The maximum absolute atomic E-state index is 3.75. The van der Waals surface area contributed by atoms with Crippen LogP contribution in [0.5, 0.6) is 0 Å². The van der Waals surface area contributed by atoms with Crippen molar-refractivity contribution >= 4 is 0 Å². The van der Waals surface area contributed by atoms with Crippen molar-refractivity contribution in [2.75, 3.05) is 19.6 Å². The molecule has 3 aliphatic carbocycles. The van der Waals surface area contributed by atoms with Crippen LogP contribution in [0.15, 0.2) is 0 Å². The number of hydrogen-bond acceptors (Lipinski definition) is 2. The van der Waals surface area contributed by atoms with Crippen molar-refractivity contribution in [1.82, 2.24) is 10.2 Å². The fourth-order valence-electron chi connectivity index (χ4n) is 5.85. The highest BCUT2D eigenvalue weighted by Crippen LogP contribution is 2.67. The van der Waals surface area contributed by atoms with Crippen molar-refractivity contribution in [3.05, 3.63) is 0 Å². The summed E-state index contributed by atoms with van der Waals surface area (Å²) in [6.45, 7) is 8.66. The van der Waals surface area contributed by atoms with Crippen LogP contribution in [0.25, 0.3) is 0 Å². The third-order valence-electron chi connectivity index (χ3n) is 6.71. The van der Waals surface area contributed by atoms with Crippen LogP contribution in [-0.2, 0) is 0 Å². The van der Waals surface area contributed by atoms with Gasteiger partial charge in [-0.25, -0.2) is 0 Å². The van der Waals surface area contributed by atoms with Gasteiger partial charge in [0.15, 0.2) is 0 Å². The second-order valence-corrected chi connectivity index (χ2v) is 7.80. The van der Waals surface area contributed by atoms with Crippen molar-refractivity contribution in [3.8, 4) is 0 Å². The van der Waals surface area contributed by atoms with Gasteiger partial charge in [-0.3, -0.25) is 4.90 Å². The van der Waals surface area contributed by atoms with Gasteiger partial charge in [0.05, 0.1) is 0 Å². The van der Waals surface area contributed by atoms with Gasteiger partial charge in [0.1, 0.15) is 0 Å². The van der Waals surface area contributed by atoms with E-state index in [1.807, 2.05) is 0 Å². The van der Waals surface area contributed by atoms with Gasteiger partial charge >= 0.3 is 0 Å². The Labute approximate surface area is 118 Å². The summed E-state index contributed by atoms with van der Waals surface area (Å²) in [7, 11) is 0. The molecule has 0 amide bonds. The van der Waals surface area contributed by atoms with Crippen molar-refractivity contribution < 1.29 is 0 Å². The summed E-state index contributed by atoms with van der Waals surface area (Å²) < 4.78 is 0. The first-order chi connectivity index (χ1) is 9.29. The average Bonchev–Trinajstić information content (AvgIpc) is 2.85. The van der Waals surface area contributed by atoms with Crippen LogP contribution >= 0.6 is 0 Å². The summed E-state index contributed by atoms with van der Waals surface area (Å²) in [5.74, 6) is 5.37. The lowest BCUT2D eigenvalue weighted by Gasteiger charge is -2.38. The Hall–Kier alpha value is -0.0800. The first kappa shape index (κ1) is 12.6. The maximum Gasteiger partial charge on any atom is 0.0164 e. The monoisotopic (exact) mass is 262 g/mol. The van der Waals surface area contributed by atoms with E-state index in [1.54, 1.807) is 19.3 Å². The highest BCUT2D eigenvalue weighted by atomic mass is 15.2. The third-order valence-corrected chi connectivity index (χ3v) is 6.71. The average molecular weight is 262 g/mol. The zero-order valence-electron chi connectivity index (χ0n) is 12.6. The van der Waals surface area contributed by atoms with E-state index in [0.29, 0.717) is 0 Å². The predicted molar refractivity (Wildman–Crippen MR) is 79.0 cm³/mol. The lowest BCUT2D eigenvalue weighted by molar-refractivity contribution is 0.121. The maximum atomic E-state index is 3.75. The molecule has 6 atom stereocenters. The molecule has 0 radical (unpaired) electrons. The zero-order valence-corrected chi connectivity index (χ0v) is 12.6. The van der Waals surface area contributed by atoms with Crippen LogP contribution in [0.2, 0.25) is 0 Å². The van der Waals surface area contributed by atoms with Gasteiger partial charge in [0.2, 0.25) is 0 Å². The predicted octanol–water partition coefficient (Wildman–Crippen LogP) is 2.74. The van der Waals surface area contributed by atoms with Crippen LogP contribution < -0.4 is 5.32 Å². The lowest BCUT2D eigenvalue weighted by Crippen LogP contribution is -2.50. The second kappa shape index (κ2) is 4.73. The molecule has 0 aromatic rings. The van der Waals surface area contributed by atoms with Crippen molar-refractivity contribution in [2.24, 2.45) is 29.6 Å². The molecule has 108 valence electrons. The molecule has 0 aromatic heterocycles. The lowest BCUT2D eigenvalue weighted by atomic mass is 9.92. The Morgan fingerprint density at radius 1 is 1.11 bits per heavy atom. The number of nitrogens with one attached hydrogen (secondary N) is 1. The number of fused-ring (bicyclic) bond motifs is 5. The van der Waals surface area contributed by atoms with E-state index < -0.39 is 0 Å². The summed E-state index contributed by atoms with van der Waals surface area (Å²) in [5.41, 5.74) is 0. The number of rotatable bonds is 4. The van der Waals surface area contributed by atoms with E-state index in [-0.39, 0.29) is 0 Å². The SMILES string of the molecule is CCCNC1CCN(C2C3C4CCC(C4)C32)CC1C. The van der Waals surface area contributed by atoms with Crippen LogP contribution in [-0.4, -0.2) is 36.6 Å². The Morgan fingerprint density at radius 2 is 1.84 bits per heavy atom. The highest BCUT2D eigenvalue weighted by molar-refractivity contribution is 5.17. The van der Waals surface area contributed by atoms with Gasteiger partial charge in [-0.1, -0.05) is 13.8 Å². The smallest absolute Gasteiger partial charge is 0.0164 e. The third kappa shape index (κ3) is 1.98. The molecular formula is C17H30N2. The molecule has 2 bridgehead atoms. The van der Waals surface area contributed by atoms with E-state index in [1.165, 1.54) is 32.5 Å². The summed E-state index contributed by atoms with van der Waals surface area (Å²) in [4.78, 5) is 2.88. The molecule has 0 spiro atoms. The van der Waals surface area contributed by atoms with Crippen molar-refractivity contribution in [1.29, 1.82) is 0 Å². The summed E-state index contributed by atoms with van der Waals surface area (Å²) in [6, 6.07) is 1.80. The summed E-state index contributed by atoms with van der Waals surface area (Å²) in [6.07, 6.45) is 7.37. The number of piperidine rings is 1. The topological polar surface area (TPSA) is 15.3 Å². The Kier molecular flexibility index (Phi) is 3.15. The summed E-state index contributed by atoms with van der Waals surface area (Å²) in [5, 5.41) is 3.75. The largest absolute Gasteiger partial charge is 0.314 e. The van der Waals surface area contributed by atoms with Crippen molar-refractivity contribution in [3.63, 3.8) is 0 Å². The van der Waals surface area contributed by atoms with E-state index in [4.69, 9.17) is 0 Å². The van der Waals surface area contributed by atoms with E-state index in [0.717, 1.165) is 41.7 Å². The van der Waals surface area contributed by atoms with Gasteiger partial charge in [-0.2, -0.15) is 0 Å². The Morgan fingerprint density at radius 3 is 2.47 bits per heavy atom. The van der Waals surface area contributed by atoms with Crippen LogP contribution in [0.4, 0.5) is 0 Å². The fraction of sp³-hybridized carbons (Fsp3) is 1.00. The van der Waals surface area contributed by atoms with Gasteiger partial charge < -0.3 is 5.32 Å². The molecule has 1 aliphatic heterocycles. The molecular weight excluding hydrogens is 232 g/mol. The van der Waals surface area contributed by atoms with Crippen LogP contribution in [0.3, 0.4) is 0 Å². The molecule has 4 rings (SSSR count). The van der Waals surface area contributed by atoms with Crippen LogP contribution in [0, 0.1) is 29.6 Å². The van der Waals surface area contributed by atoms with Gasteiger partial charge in [-0.15, -0.1) is 0 Å². The van der Waals surface area contributed by atoms with Crippen LogP contribution in [0.1, 0.15) is 46.0 Å². The van der Waals surface area contributed by atoms with Crippen molar-refractivity contribution in [2.45, 2.75) is 58.0 Å². The standard InChI is InChI=1S/C17H30N2/c1-3-7-18-14-6-8-19(10-11(14)2)17-15-12-4-5-13(9-12)16(15)17/h11-18H,3-10H2,1-2H3. The number of nitrogens with zero attached hydrogens (tertiary/aromatic N) is 1. The molecule has 1 heterocycles. The molecule has 1 saturated heterocycles. The first-order valence-corrected chi connectivity index (χ1v) is 8.77. The zero-order chi connectivity index (χ0) is 13.0. The normalized spacial score (nSPS) is 52.4. The molecule has 6 unspecified atom stereocenters. The van der Waals surface area contributed by atoms with Gasteiger partial charge in [0.25, 0.3) is 0 Å². The molecule has 3 saturated carbocycles. The van der Waals surface area contributed by atoms with Gasteiger partial charge in [-0.05, 0) is 74.8 Å².